The molecule has 5 heteroatoms. The Morgan fingerprint density at radius 2 is 1.55 bits per heavy atom. The Kier molecular flexibility index (Phi) is 5.33. The summed E-state index contributed by atoms with van der Waals surface area (Å²) >= 11 is 0. The quantitative estimate of drug-likeness (QED) is 0.414. The van der Waals surface area contributed by atoms with Crippen LogP contribution in [0.4, 0.5) is 5.69 Å². The van der Waals surface area contributed by atoms with E-state index in [1.165, 1.54) is 12.1 Å². The van der Waals surface area contributed by atoms with Gasteiger partial charge in [0.15, 0.2) is 0 Å². The van der Waals surface area contributed by atoms with E-state index in [0.717, 1.165) is 0 Å². The summed E-state index contributed by atoms with van der Waals surface area (Å²) in [7, 11) is -2.05. The van der Waals surface area contributed by atoms with Gasteiger partial charge in [0.2, 0.25) is 0 Å². The second-order valence-electron chi connectivity index (χ2n) is 6.17. The minimum Gasteiger partial charge on any atom is -0.543 e. The fourth-order valence-electron chi connectivity index (χ4n) is 3.22. The molecule has 0 aromatic heterocycles. The van der Waals surface area contributed by atoms with Gasteiger partial charge in [0, 0.05) is 6.07 Å². The summed E-state index contributed by atoms with van der Waals surface area (Å²) in [6.45, 7) is 13.2. The molecule has 0 aliphatic carbocycles. The Morgan fingerprint density at radius 1 is 1.05 bits per heavy atom. The van der Waals surface area contributed by atoms with Gasteiger partial charge in [0.05, 0.1) is 11.0 Å². The lowest BCUT2D eigenvalue weighted by molar-refractivity contribution is -0.384. The average molecular weight is 295 g/mol. The van der Waals surface area contributed by atoms with E-state index < -0.39 is 8.32 Å². The molecule has 0 N–H and O–H groups in total. The van der Waals surface area contributed by atoms with Crippen LogP contribution in [0.1, 0.15) is 41.5 Å². The van der Waals surface area contributed by atoms with Gasteiger partial charge in [-0.2, -0.15) is 0 Å². The molecule has 0 aliphatic heterocycles. The topological polar surface area (TPSA) is 52.4 Å². The zero-order chi connectivity index (χ0) is 15.5. The summed E-state index contributed by atoms with van der Waals surface area (Å²) in [4.78, 5) is 10.5. The van der Waals surface area contributed by atoms with E-state index in [1.54, 1.807) is 6.07 Å². The molecule has 0 atom stereocenters. The van der Waals surface area contributed by atoms with E-state index in [-0.39, 0.29) is 10.6 Å². The van der Waals surface area contributed by atoms with Gasteiger partial charge < -0.3 is 4.43 Å². The molecule has 0 heterocycles. The van der Waals surface area contributed by atoms with Crippen molar-refractivity contribution in [2.75, 3.05) is 0 Å². The fourth-order valence-corrected chi connectivity index (χ4v) is 8.46. The second-order valence-corrected chi connectivity index (χ2v) is 11.5. The summed E-state index contributed by atoms with van der Waals surface area (Å²) < 4.78 is 6.41. The van der Waals surface area contributed by atoms with Crippen molar-refractivity contribution in [1.29, 1.82) is 0 Å². The van der Waals surface area contributed by atoms with Crippen LogP contribution in [0.2, 0.25) is 16.6 Å². The maximum atomic E-state index is 10.9. The lowest BCUT2D eigenvalue weighted by Gasteiger charge is -2.42. The highest BCUT2D eigenvalue weighted by atomic mass is 28.4. The second kappa shape index (κ2) is 6.39. The van der Waals surface area contributed by atoms with Crippen LogP contribution in [-0.4, -0.2) is 13.2 Å². The number of hydrogen-bond donors (Lipinski definition) is 0. The Balaban J connectivity index is 3.19. The summed E-state index contributed by atoms with van der Waals surface area (Å²) in [6.07, 6.45) is 0. The van der Waals surface area contributed by atoms with Crippen molar-refractivity contribution >= 4 is 14.0 Å². The van der Waals surface area contributed by atoms with Crippen LogP contribution in [0.25, 0.3) is 0 Å². The third kappa shape index (κ3) is 3.20. The van der Waals surface area contributed by atoms with Gasteiger partial charge in [-0.3, -0.25) is 10.1 Å². The standard InChI is InChI=1S/C15H25NO3Si/c1-11(2)20(12(3)4,13(5)6)19-15-9-7-8-14(10-15)16(17)18/h7-13H,1-6H3. The first-order valence-electron chi connectivity index (χ1n) is 7.15. The van der Waals surface area contributed by atoms with E-state index in [1.807, 2.05) is 6.07 Å². The summed E-state index contributed by atoms with van der Waals surface area (Å²) in [6, 6.07) is 6.54. The third-order valence-electron chi connectivity index (χ3n) is 4.03. The molecule has 0 aliphatic rings. The van der Waals surface area contributed by atoms with Gasteiger partial charge in [-0.15, -0.1) is 0 Å². The van der Waals surface area contributed by atoms with Crippen LogP contribution in [0.15, 0.2) is 24.3 Å². The minimum absolute atomic E-state index is 0.0849. The monoisotopic (exact) mass is 295 g/mol. The maximum absolute atomic E-state index is 10.9. The van der Waals surface area contributed by atoms with E-state index in [0.29, 0.717) is 22.4 Å². The number of rotatable bonds is 6. The summed E-state index contributed by atoms with van der Waals surface area (Å²) in [5, 5.41) is 10.9. The summed E-state index contributed by atoms with van der Waals surface area (Å²) in [5.74, 6) is 0.627. The molecule has 0 spiro atoms. The van der Waals surface area contributed by atoms with Gasteiger partial charge in [0.1, 0.15) is 5.75 Å². The fraction of sp³-hybridized carbons (Fsp3) is 0.600. The van der Waals surface area contributed by atoms with Crippen LogP contribution in [-0.2, 0) is 0 Å². The molecule has 0 radical (unpaired) electrons. The normalized spacial score (nSPS) is 12.2. The van der Waals surface area contributed by atoms with Crippen molar-refractivity contribution in [3.63, 3.8) is 0 Å². The number of hydrogen-bond acceptors (Lipinski definition) is 3. The number of nitro benzene ring substituents is 1. The molecule has 0 saturated carbocycles. The average Bonchev–Trinajstić information content (AvgIpc) is 2.34. The molecule has 112 valence electrons. The lowest BCUT2D eigenvalue weighted by atomic mass is 10.3. The molecule has 20 heavy (non-hydrogen) atoms. The van der Waals surface area contributed by atoms with Crippen molar-refractivity contribution in [3.8, 4) is 5.75 Å². The van der Waals surface area contributed by atoms with E-state index >= 15 is 0 Å². The van der Waals surface area contributed by atoms with Crippen molar-refractivity contribution < 1.29 is 9.35 Å². The van der Waals surface area contributed by atoms with Crippen LogP contribution in [0, 0.1) is 10.1 Å². The van der Waals surface area contributed by atoms with E-state index in [9.17, 15) is 10.1 Å². The van der Waals surface area contributed by atoms with Gasteiger partial charge >= 0.3 is 0 Å². The number of nitrogens with zero attached hydrogens (tertiary/aromatic N) is 1. The van der Waals surface area contributed by atoms with Crippen molar-refractivity contribution in [2.24, 2.45) is 0 Å². The molecular formula is C15H25NO3Si. The Labute approximate surface area is 122 Å². The zero-order valence-corrected chi connectivity index (χ0v) is 14.2. The SMILES string of the molecule is CC(C)[Si](Oc1cccc([N+](=O)[O-])c1)(C(C)C)C(C)C. The smallest absolute Gasteiger partial charge is 0.273 e. The van der Waals surface area contributed by atoms with Crippen LogP contribution in [0.5, 0.6) is 5.75 Å². The van der Waals surface area contributed by atoms with Crippen LogP contribution >= 0.6 is 0 Å². The lowest BCUT2D eigenvalue weighted by Crippen LogP contribution is -2.50. The molecule has 1 aromatic rings. The van der Waals surface area contributed by atoms with Crippen molar-refractivity contribution in [3.05, 3.63) is 34.4 Å². The molecule has 0 unspecified atom stereocenters. The minimum atomic E-state index is -2.05. The summed E-state index contributed by atoms with van der Waals surface area (Å²) in [5.41, 5.74) is 1.42. The molecule has 0 fully saturated rings. The van der Waals surface area contributed by atoms with Gasteiger partial charge in [-0.1, -0.05) is 47.6 Å². The van der Waals surface area contributed by atoms with Crippen molar-refractivity contribution in [2.45, 2.75) is 58.2 Å². The predicted octanol–water partition coefficient (Wildman–Crippen LogP) is 5.15. The molecule has 0 saturated heterocycles. The highest BCUT2D eigenvalue weighted by Crippen LogP contribution is 2.43. The molecule has 0 amide bonds. The number of benzene rings is 1. The first kappa shape index (κ1) is 16.7. The number of nitro groups is 1. The Bertz CT molecular complexity index is 450. The Hall–Kier alpha value is -1.36. The molecular weight excluding hydrogens is 270 g/mol. The van der Waals surface area contributed by atoms with E-state index in [4.69, 9.17) is 4.43 Å². The largest absolute Gasteiger partial charge is 0.543 e. The Morgan fingerprint density at radius 3 is 1.95 bits per heavy atom. The molecule has 4 nitrogen and oxygen atoms in total. The third-order valence-corrected chi connectivity index (χ3v) is 10.0. The number of non-ortho nitro benzene ring substituents is 1. The van der Waals surface area contributed by atoms with Gasteiger partial charge in [-0.25, -0.2) is 0 Å². The predicted molar refractivity (Wildman–Crippen MR) is 84.8 cm³/mol. The maximum Gasteiger partial charge on any atom is 0.273 e. The van der Waals surface area contributed by atoms with Gasteiger partial charge in [-0.05, 0) is 22.7 Å². The molecule has 0 bridgehead atoms. The van der Waals surface area contributed by atoms with Crippen LogP contribution < -0.4 is 4.43 Å². The van der Waals surface area contributed by atoms with E-state index in [2.05, 4.69) is 41.5 Å². The molecule has 1 rings (SSSR count). The highest BCUT2D eigenvalue weighted by molar-refractivity contribution is 6.78. The molecule has 1 aromatic carbocycles. The first-order valence-corrected chi connectivity index (χ1v) is 9.29. The van der Waals surface area contributed by atoms with Crippen molar-refractivity contribution in [1.82, 2.24) is 0 Å². The first-order chi connectivity index (χ1) is 9.21. The highest BCUT2D eigenvalue weighted by Gasteiger charge is 2.47. The zero-order valence-electron chi connectivity index (χ0n) is 13.2. The van der Waals surface area contributed by atoms with Crippen LogP contribution in [0.3, 0.4) is 0 Å². The van der Waals surface area contributed by atoms with Gasteiger partial charge in [0.25, 0.3) is 14.0 Å².